The van der Waals surface area contributed by atoms with Crippen LogP contribution in [0, 0.1) is 6.92 Å². The van der Waals surface area contributed by atoms with Crippen molar-refractivity contribution in [3.05, 3.63) is 34.9 Å². The van der Waals surface area contributed by atoms with Crippen molar-refractivity contribution < 1.29 is 14.7 Å². The summed E-state index contributed by atoms with van der Waals surface area (Å²) >= 11 is 0. The molecule has 0 aromatic heterocycles. The normalized spacial score (nSPS) is 12.5. The Bertz CT molecular complexity index is 480. The van der Waals surface area contributed by atoms with Gasteiger partial charge in [-0.1, -0.05) is 26.0 Å². The molecule has 1 aromatic carbocycles. The lowest BCUT2D eigenvalue weighted by molar-refractivity contribution is -0.136. The number of hydrogen-bond acceptors (Lipinski definition) is 3. The zero-order valence-electron chi connectivity index (χ0n) is 11.9. The first-order chi connectivity index (χ1) is 8.82. The number of aryl methyl sites for hydroxylation is 1. The van der Waals surface area contributed by atoms with Gasteiger partial charge in [0.05, 0.1) is 12.6 Å². The summed E-state index contributed by atoms with van der Waals surface area (Å²) in [5.41, 5.74) is 2.69. The Balaban J connectivity index is 2.92. The third-order valence-corrected chi connectivity index (χ3v) is 3.15. The highest BCUT2D eigenvalue weighted by Crippen LogP contribution is 2.19. The first kappa shape index (κ1) is 15.4. The summed E-state index contributed by atoms with van der Waals surface area (Å²) in [5, 5.41) is 11.3. The predicted octanol–water partition coefficient (Wildman–Crippen LogP) is 2.36. The van der Waals surface area contributed by atoms with E-state index in [1.54, 1.807) is 6.92 Å². The molecule has 0 saturated carbocycles. The number of aliphatic carboxylic acids is 1. The van der Waals surface area contributed by atoms with Crippen molar-refractivity contribution in [1.29, 1.82) is 0 Å². The monoisotopic (exact) mass is 263 g/mol. The quantitative estimate of drug-likeness (QED) is 0.773. The van der Waals surface area contributed by atoms with Crippen molar-refractivity contribution in [2.75, 3.05) is 6.54 Å². The van der Waals surface area contributed by atoms with Gasteiger partial charge in [0.15, 0.2) is 5.78 Å². The number of hydrogen-bond donors (Lipinski definition) is 2. The molecule has 1 aromatic rings. The predicted molar refractivity (Wildman–Crippen MR) is 74.7 cm³/mol. The third-order valence-electron chi connectivity index (χ3n) is 3.15. The van der Waals surface area contributed by atoms with Crippen molar-refractivity contribution in [3.8, 4) is 0 Å². The Hall–Kier alpha value is -1.68. The molecule has 0 saturated heterocycles. The van der Waals surface area contributed by atoms with Gasteiger partial charge < -0.3 is 5.11 Å². The second-order valence-electron chi connectivity index (χ2n) is 5.09. The van der Waals surface area contributed by atoms with Gasteiger partial charge >= 0.3 is 5.97 Å². The number of nitrogens with one attached hydrogen (secondary N) is 1. The lowest BCUT2D eigenvalue weighted by atomic mass is 9.94. The summed E-state index contributed by atoms with van der Waals surface area (Å²) in [6, 6.07) is 5.36. The van der Waals surface area contributed by atoms with E-state index in [0.717, 1.165) is 11.1 Å². The van der Waals surface area contributed by atoms with E-state index < -0.39 is 12.0 Å². The molecule has 0 amide bonds. The van der Waals surface area contributed by atoms with Gasteiger partial charge in [-0.2, -0.15) is 0 Å². The summed E-state index contributed by atoms with van der Waals surface area (Å²) in [6.07, 6.45) is 0. The molecule has 1 unspecified atom stereocenters. The molecule has 0 bridgehead atoms. The van der Waals surface area contributed by atoms with Crippen molar-refractivity contribution in [2.24, 2.45) is 0 Å². The van der Waals surface area contributed by atoms with Gasteiger partial charge in [-0.25, -0.2) is 0 Å². The Kier molecular flexibility index (Phi) is 5.24. The van der Waals surface area contributed by atoms with E-state index in [1.807, 2.05) is 25.1 Å². The molecule has 0 aliphatic heterocycles. The molecule has 0 fully saturated rings. The molecule has 0 aliphatic carbocycles. The van der Waals surface area contributed by atoms with E-state index in [2.05, 4.69) is 19.2 Å². The van der Waals surface area contributed by atoms with Gasteiger partial charge in [0.2, 0.25) is 0 Å². The van der Waals surface area contributed by atoms with Gasteiger partial charge in [-0.3, -0.25) is 14.9 Å². The maximum absolute atomic E-state index is 12.3. The lowest BCUT2D eigenvalue weighted by Gasteiger charge is -2.15. The number of carbonyl (C=O) groups is 2. The Labute approximate surface area is 113 Å². The Morgan fingerprint density at radius 3 is 2.42 bits per heavy atom. The van der Waals surface area contributed by atoms with Gasteiger partial charge in [-0.05, 0) is 37.0 Å². The number of rotatable bonds is 6. The maximum Gasteiger partial charge on any atom is 0.317 e. The molecule has 0 aliphatic rings. The second-order valence-corrected chi connectivity index (χ2v) is 5.09. The molecule has 19 heavy (non-hydrogen) atoms. The van der Waals surface area contributed by atoms with Crippen LogP contribution < -0.4 is 5.32 Å². The molecule has 4 nitrogen and oxygen atoms in total. The molecule has 2 N–H and O–H groups in total. The van der Waals surface area contributed by atoms with E-state index in [1.165, 1.54) is 0 Å². The average Bonchev–Trinajstić information content (AvgIpc) is 2.35. The lowest BCUT2D eigenvalue weighted by Crippen LogP contribution is -2.37. The zero-order valence-corrected chi connectivity index (χ0v) is 11.9. The van der Waals surface area contributed by atoms with E-state index in [9.17, 15) is 9.59 Å². The fourth-order valence-corrected chi connectivity index (χ4v) is 1.83. The average molecular weight is 263 g/mol. The Morgan fingerprint density at radius 2 is 1.89 bits per heavy atom. The molecule has 0 radical (unpaired) electrons. The van der Waals surface area contributed by atoms with Crippen LogP contribution in [0.25, 0.3) is 0 Å². The fourth-order valence-electron chi connectivity index (χ4n) is 1.83. The van der Waals surface area contributed by atoms with E-state index in [-0.39, 0.29) is 12.3 Å². The number of benzene rings is 1. The molecular formula is C15H21NO3. The number of ketones is 1. The minimum Gasteiger partial charge on any atom is -0.480 e. The third kappa shape index (κ3) is 4.17. The topological polar surface area (TPSA) is 66.4 Å². The first-order valence-electron chi connectivity index (χ1n) is 6.43. The number of carboxylic acid groups (broad SMARTS) is 1. The second kappa shape index (κ2) is 6.48. The minimum atomic E-state index is -0.965. The van der Waals surface area contributed by atoms with E-state index in [4.69, 9.17) is 5.11 Å². The summed E-state index contributed by atoms with van der Waals surface area (Å²) in [6.45, 7) is 7.51. The van der Waals surface area contributed by atoms with Gasteiger partial charge in [0.1, 0.15) is 0 Å². The van der Waals surface area contributed by atoms with Crippen LogP contribution in [0.4, 0.5) is 0 Å². The molecule has 0 spiro atoms. The maximum atomic E-state index is 12.3. The summed E-state index contributed by atoms with van der Waals surface area (Å²) in [7, 11) is 0. The highest BCUT2D eigenvalue weighted by molar-refractivity contribution is 6.01. The molecule has 0 heterocycles. The van der Waals surface area contributed by atoms with Crippen LogP contribution in [0.15, 0.2) is 18.2 Å². The van der Waals surface area contributed by atoms with Gasteiger partial charge in [0, 0.05) is 5.56 Å². The van der Waals surface area contributed by atoms with Crippen LogP contribution in [-0.2, 0) is 4.79 Å². The first-order valence-corrected chi connectivity index (χ1v) is 6.43. The van der Waals surface area contributed by atoms with Gasteiger partial charge in [-0.15, -0.1) is 0 Å². The SMILES string of the molecule is Cc1ccc(C(C)C)cc1C(=O)C(C)NCC(=O)O. The highest BCUT2D eigenvalue weighted by Gasteiger charge is 2.18. The number of Topliss-reactive ketones (excluding diaryl/α,β-unsaturated/α-hetero) is 1. The Morgan fingerprint density at radius 1 is 1.26 bits per heavy atom. The molecule has 104 valence electrons. The van der Waals surface area contributed by atoms with Crippen molar-refractivity contribution in [1.82, 2.24) is 5.32 Å². The van der Waals surface area contributed by atoms with Crippen molar-refractivity contribution >= 4 is 11.8 Å². The summed E-state index contributed by atoms with van der Waals surface area (Å²) < 4.78 is 0. The van der Waals surface area contributed by atoms with Crippen LogP contribution >= 0.6 is 0 Å². The van der Waals surface area contributed by atoms with Crippen LogP contribution in [0.1, 0.15) is 48.2 Å². The van der Waals surface area contributed by atoms with E-state index in [0.29, 0.717) is 11.5 Å². The number of carboxylic acids is 1. The zero-order chi connectivity index (χ0) is 14.6. The standard InChI is InChI=1S/C15H21NO3/c1-9(2)12-6-5-10(3)13(7-12)15(19)11(4)16-8-14(17)18/h5-7,9,11,16H,8H2,1-4H3,(H,17,18). The molecule has 4 heteroatoms. The number of carbonyl (C=O) groups excluding carboxylic acids is 1. The highest BCUT2D eigenvalue weighted by atomic mass is 16.4. The van der Waals surface area contributed by atoms with Crippen molar-refractivity contribution in [2.45, 2.75) is 39.7 Å². The minimum absolute atomic E-state index is 0.0683. The van der Waals surface area contributed by atoms with E-state index >= 15 is 0 Å². The molecule has 1 rings (SSSR count). The van der Waals surface area contributed by atoms with Gasteiger partial charge in [0.25, 0.3) is 0 Å². The fraction of sp³-hybridized carbons (Fsp3) is 0.467. The van der Waals surface area contributed by atoms with Crippen LogP contribution in [0.2, 0.25) is 0 Å². The smallest absolute Gasteiger partial charge is 0.317 e. The van der Waals surface area contributed by atoms with Crippen molar-refractivity contribution in [3.63, 3.8) is 0 Å². The van der Waals surface area contributed by atoms with Crippen LogP contribution in [-0.4, -0.2) is 29.4 Å². The van der Waals surface area contributed by atoms with Crippen LogP contribution in [0.3, 0.4) is 0 Å². The molecular weight excluding hydrogens is 242 g/mol. The summed E-state index contributed by atoms with van der Waals surface area (Å²) in [5.74, 6) is -0.678. The summed E-state index contributed by atoms with van der Waals surface area (Å²) in [4.78, 5) is 22.8. The largest absolute Gasteiger partial charge is 0.480 e. The molecule has 1 atom stereocenters. The van der Waals surface area contributed by atoms with Crippen LogP contribution in [0.5, 0.6) is 0 Å².